The first-order valence-corrected chi connectivity index (χ1v) is 8.53. The van der Waals surface area contributed by atoms with Crippen molar-refractivity contribution in [2.45, 2.75) is 31.7 Å². The van der Waals surface area contributed by atoms with Crippen molar-refractivity contribution >= 4 is 28.9 Å². The number of carbonyl (C=O) groups is 1. The molecule has 1 aromatic heterocycles. The van der Waals surface area contributed by atoms with E-state index in [2.05, 4.69) is 26.1 Å². The van der Waals surface area contributed by atoms with Crippen LogP contribution in [0.15, 0.2) is 30.6 Å². The fourth-order valence-electron chi connectivity index (χ4n) is 3.02. The molecular formula is C16H17N7O5. The van der Waals surface area contributed by atoms with Gasteiger partial charge in [-0.15, -0.1) is 0 Å². The Morgan fingerprint density at radius 1 is 1.04 bits per heavy atom. The summed E-state index contributed by atoms with van der Waals surface area (Å²) < 4.78 is 0. The number of carbonyl (C=O) groups excluding carboxylic acids is 1. The molecule has 12 heteroatoms. The molecule has 0 atom stereocenters. The molecule has 28 heavy (non-hydrogen) atoms. The van der Waals surface area contributed by atoms with Crippen LogP contribution in [0.1, 0.15) is 36.0 Å². The average Bonchev–Trinajstić information content (AvgIpc) is 3.19. The first kappa shape index (κ1) is 18.9. The number of hydrogen-bond acceptors (Lipinski definition) is 9. The minimum atomic E-state index is -0.828. The van der Waals surface area contributed by atoms with Gasteiger partial charge in [-0.05, 0) is 18.9 Å². The topological polar surface area (TPSA) is 165 Å². The number of hydrazine groups is 1. The first-order chi connectivity index (χ1) is 13.5. The summed E-state index contributed by atoms with van der Waals surface area (Å²) in [5.74, 6) is -1.01. The molecule has 1 aliphatic rings. The lowest BCUT2D eigenvalue weighted by molar-refractivity contribution is -0.385. The summed E-state index contributed by atoms with van der Waals surface area (Å²) in [5.41, 5.74) is 3.58. The SMILES string of the molecule is O=C(NNc1ncnc(NC2CCCC2)c1[N+](=O)[O-])c1ccccc1[N+](=O)[O-]. The van der Waals surface area contributed by atoms with E-state index in [1.807, 2.05) is 0 Å². The molecule has 2 aromatic rings. The summed E-state index contributed by atoms with van der Waals surface area (Å²) in [6.07, 6.45) is 4.97. The number of anilines is 2. The van der Waals surface area contributed by atoms with E-state index >= 15 is 0 Å². The van der Waals surface area contributed by atoms with Gasteiger partial charge < -0.3 is 5.32 Å². The number of nitrogens with zero attached hydrogens (tertiary/aromatic N) is 4. The predicted octanol–water partition coefficient (Wildman–Crippen LogP) is 2.40. The minimum Gasteiger partial charge on any atom is -0.361 e. The average molecular weight is 387 g/mol. The fraction of sp³-hybridized carbons (Fsp3) is 0.312. The maximum absolute atomic E-state index is 12.3. The highest BCUT2D eigenvalue weighted by molar-refractivity contribution is 5.98. The summed E-state index contributed by atoms with van der Waals surface area (Å²) in [5, 5.41) is 25.6. The zero-order chi connectivity index (χ0) is 20.1. The molecule has 0 unspecified atom stereocenters. The number of para-hydroxylation sites is 1. The van der Waals surface area contributed by atoms with Crippen LogP contribution >= 0.6 is 0 Å². The largest absolute Gasteiger partial charge is 0.361 e. The number of hydrogen-bond donors (Lipinski definition) is 3. The Kier molecular flexibility index (Phi) is 5.58. The van der Waals surface area contributed by atoms with E-state index in [1.54, 1.807) is 0 Å². The third-order valence-electron chi connectivity index (χ3n) is 4.34. The Bertz CT molecular complexity index is 914. The van der Waals surface area contributed by atoms with Gasteiger partial charge in [-0.1, -0.05) is 25.0 Å². The Morgan fingerprint density at radius 3 is 2.39 bits per heavy atom. The molecule has 0 aliphatic heterocycles. The molecule has 3 rings (SSSR count). The number of nitro groups is 2. The molecule has 1 amide bonds. The molecule has 0 saturated heterocycles. The Hall–Kier alpha value is -3.83. The number of benzene rings is 1. The number of nitrogens with one attached hydrogen (secondary N) is 3. The molecule has 146 valence electrons. The second-order valence-electron chi connectivity index (χ2n) is 6.16. The second-order valence-corrected chi connectivity index (χ2v) is 6.16. The van der Waals surface area contributed by atoms with Crippen LogP contribution in [0.5, 0.6) is 0 Å². The maximum Gasteiger partial charge on any atom is 0.354 e. The van der Waals surface area contributed by atoms with Gasteiger partial charge in [-0.2, -0.15) is 0 Å². The van der Waals surface area contributed by atoms with Gasteiger partial charge in [-0.3, -0.25) is 35.9 Å². The van der Waals surface area contributed by atoms with E-state index in [9.17, 15) is 25.0 Å². The van der Waals surface area contributed by atoms with Gasteiger partial charge in [0.1, 0.15) is 11.9 Å². The molecule has 0 radical (unpaired) electrons. The molecule has 3 N–H and O–H groups in total. The van der Waals surface area contributed by atoms with Crippen LogP contribution in [-0.4, -0.2) is 31.8 Å². The van der Waals surface area contributed by atoms with Crippen LogP contribution in [0.2, 0.25) is 0 Å². The van der Waals surface area contributed by atoms with Crippen LogP contribution in [-0.2, 0) is 0 Å². The second kappa shape index (κ2) is 8.24. The summed E-state index contributed by atoms with van der Waals surface area (Å²) in [6, 6.07) is 5.45. The van der Waals surface area contributed by atoms with E-state index in [4.69, 9.17) is 0 Å². The summed E-state index contributed by atoms with van der Waals surface area (Å²) in [4.78, 5) is 41.2. The zero-order valence-electron chi connectivity index (χ0n) is 14.6. The standard InChI is InChI=1S/C16H17N7O5/c24-16(11-7-3-4-8-12(11)22(25)26)21-20-15-13(23(27)28)14(17-9-18-15)19-10-5-1-2-6-10/h3-4,7-10H,1-2,5-6H2,(H,21,24)(H2,17,18,19,20). The fourth-order valence-corrected chi connectivity index (χ4v) is 3.02. The van der Waals surface area contributed by atoms with Crippen molar-refractivity contribution < 1.29 is 14.6 Å². The highest BCUT2D eigenvalue weighted by Crippen LogP contribution is 2.31. The van der Waals surface area contributed by atoms with Gasteiger partial charge in [0.05, 0.1) is 9.85 Å². The van der Waals surface area contributed by atoms with Crippen molar-refractivity contribution in [1.82, 2.24) is 15.4 Å². The normalized spacial score (nSPS) is 13.7. The summed E-state index contributed by atoms with van der Waals surface area (Å²) >= 11 is 0. The van der Waals surface area contributed by atoms with Crippen molar-refractivity contribution in [2.75, 3.05) is 10.7 Å². The molecule has 1 saturated carbocycles. The van der Waals surface area contributed by atoms with Crippen LogP contribution in [0.25, 0.3) is 0 Å². The highest BCUT2D eigenvalue weighted by Gasteiger charge is 2.27. The lowest BCUT2D eigenvalue weighted by atomic mass is 10.2. The molecule has 1 aliphatic carbocycles. The van der Waals surface area contributed by atoms with Gasteiger partial charge in [0.2, 0.25) is 11.6 Å². The smallest absolute Gasteiger partial charge is 0.354 e. The molecule has 1 aromatic carbocycles. The monoisotopic (exact) mass is 387 g/mol. The van der Waals surface area contributed by atoms with Crippen molar-refractivity contribution in [1.29, 1.82) is 0 Å². The van der Waals surface area contributed by atoms with Gasteiger partial charge in [-0.25, -0.2) is 9.97 Å². The number of amides is 1. The van der Waals surface area contributed by atoms with Gasteiger partial charge in [0, 0.05) is 12.1 Å². The number of nitro benzene ring substituents is 1. The molecule has 0 bridgehead atoms. The van der Waals surface area contributed by atoms with Gasteiger partial charge >= 0.3 is 5.69 Å². The van der Waals surface area contributed by atoms with E-state index in [-0.39, 0.29) is 28.9 Å². The number of aromatic nitrogens is 2. The predicted molar refractivity (Wildman–Crippen MR) is 98.8 cm³/mol. The van der Waals surface area contributed by atoms with E-state index in [0.29, 0.717) is 0 Å². The molecule has 12 nitrogen and oxygen atoms in total. The van der Waals surface area contributed by atoms with E-state index in [0.717, 1.165) is 32.0 Å². The minimum absolute atomic E-state index is 0.0503. The quantitative estimate of drug-likeness (QED) is 0.477. The van der Waals surface area contributed by atoms with Crippen molar-refractivity contribution in [2.24, 2.45) is 0 Å². The van der Waals surface area contributed by atoms with Crippen LogP contribution < -0.4 is 16.2 Å². The van der Waals surface area contributed by atoms with Crippen molar-refractivity contribution in [3.05, 3.63) is 56.4 Å². The molecule has 0 spiro atoms. The maximum atomic E-state index is 12.3. The lowest BCUT2D eigenvalue weighted by Crippen LogP contribution is -2.31. The Morgan fingerprint density at radius 2 is 1.71 bits per heavy atom. The highest BCUT2D eigenvalue weighted by atomic mass is 16.6. The van der Waals surface area contributed by atoms with E-state index in [1.165, 1.54) is 24.3 Å². The first-order valence-electron chi connectivity index (χ1n) is 8.53. The van der Waals surface area contributed by atoms with Crippen LogP contribution in [0, 0.1) is 20.2 Å². The molecule has 1 heterocycles. The number of rotatable bonds is 7. The lowest BCUT2D eigenvalue weighted by Gasteiger charge is -2.14. The van der Waals surface area contributed by atoms with E-state index < -0.39 is 21.4 Å². The Balaban J connectivity index is 1.79. The van der Waals surface area contributed by atoms with Crippen molar-refractivity contribution in [3.63, 3.8) is 0 Å². The summed E-state index contributed by atoms with van der Waals surface area (Å²) in [7, 11) is 0. The van der Waals surface area contributed by atoms with Crippen LogP contribution in [0.3, 0.4) is 0 Å². The molecular weight excluding hydrogens is 370 g/mol. The van der Waals surface area contributed by atoms with Gasteiger partial charge in [0.15, 0.2) is 0 Å². The third-order valence-corrected chi connectivity index (χ3v) is 4.34. The Labute approximate surface area is 158 Å². The summed E-state index contributed by atoms with van der Waals surface area (Å²) in [6.45, 7) is 0. The third kappa shape index (κ3) is 4.11. The zero-order valence-corrected chi connectivity index (χ0v) is 14.6. The molecule has 1 fully saturated rings. The van der Waals surface area contributed by atoms with Crippen LogP contribution in [0.4, 0.5) is 23.0 Å². The van der Waals surface area contributed by atoms with Gasteiger partial charge in [0.25, 0.3) is 11.6 Å². The van der Waals surface area contributed by atoms with Crippen molar-refractivity contribution in [3.8, 4) is 0 Å².